The minimum atomic E-state index is -0.362. The molecular weight excluding hydrogens is 294 g/mol. The van der Waals surface area contributed by atoms with Gasteiger partial charge in [-0.05, 0) is 39.8 Å². The minimum absolute atomic E-state index is 0.0927. The molecule has 7 nitrogen and oxygen atoms in total. The second kappa shape index (κ2) is 5.49. The van der Waals surface area contributed by atoms with E-state index >= 15 is 0 Å². The summed E-state index contributed by atoms with van der Waals surface area (Å²) >= 11 is 0. The first-order valence-electron chi connectivity index (χ1n) is 7.54. The summed E-state index contributed by atoms with van der Waals surface area (Å²) in [5, 5.41) is 20.9. The lowest BCUT2D eigenvalue weighted by molar-refractivity contribution is -0.383. The molecule has 0 saturated heterocycles. The van der Waals surface area contributed by atoms with Crippen LogP contribution in [0.2, 0.25) is 0 Å². The number of aryl methyl sites for hydroxylation is 2. The number of nitro groups is 1. The molecule has 3 rings (SSSR count). The van der Waals surface area contributed by atoms with Gasteiger partial charge >= 0.3 is 0 Å². The molecule has 7 heteroatoms. The molecule has 0 amide bonds. The van der Waals surface area contributed by atoms with Crippen molar-refractivity contribution in [3.63, 3.8) is 0 Å². The average Bonchev–Trinajstić information content (AvgIpc) is 3.00. The number of rotatable bonds is 4. The van der Waals surface area contributed by atoms with Crippen LogP contribution in [0.15, 0.2) is 24.3 Å². The van der Waals surface area contributed by atoms with Crippen molar-refractivity contribution in [2.75, 3.05) is 0 Å². The zero-order chi connectivity index (χ0) is 16.7. The summed E-state index contributed by atoms with van der Waals surface area (Å²) in [6.45, 7) is 8.48. The van der Waals surface area contributed by atoms with Gasteiger partial charge in [-0.25, -0.2) is 0 Å². The van der Waals surface area contributed by atoms with E-state index in [4.69, 9.17) is 0 Å². The number of nitrogens with zero attached hydrogens (tertiary/aromatic N) is 5. The number of benzene rings is 1. The van der Waals surface area contributed by atoms with E-state index in [1.807, 2.05) is 23.7 Å². The number of hydrogen-bond acceptors (Lipinski definition) is 4. The van der Waals surface area contributed by atoms with Crippen molar-refractivity contribution in [1.82, 2.24) is 19.6 Å². The van der Waals surface area contributed by atoms with Crippen LogP contribution in [0.25, 0.3) is 10.9 Å². The van der Waals surface area contributed by atoms with Crippen molar-refractivity contribution in [2.45, 2.75) is 40.3 Å². The molecular formula is C16H19N5O2. The third-order valence-electron chi connectivity index (χ3n) is 3.90. The Morgan fingerprint density at radius 2 is 2.00 bits per heavy atom. The van der Waals surface area contributed by atoms with E-state index < -0.39 is 0 Å². The van der Waals surface area contributed by atoms with Crippen molar-refractivity contribution in [3.8, 4) is 0 Å². The highest BCUT2D eigenvalue weighted by molar-refractivity contribution is 5.90. The van der Waals surface area contributed by atoms with Crippen molar-refractivity contribution in [3.05, 3.63) is 51.5 Å². The van der Waals surface area contributed by atoms with Crippen LogP contribution < -0.4 is 0 Å². The van der Waals surface area contributed by atoms with Crippen LogP contribution in [0.4, 0.5) is 5.69 Å². The normalized spacial score (nSPS) is 11.5. The highest BCUT2D eigenvalue weighted by Gasteiger charge is 2.19. The molecule has 120 valence electrons. The van der Waals surface area contributed by atoms with Crippen molar-refractivity contribution in [2.24, 2.45) is 0 Å². The molecule has 1 aromatic carbocycles. The molecule has 0 aliphatic rings. The molecule has 0 atom stereocenters. The molecule has 0 saturated carbocycles. The fourth-order valence-corrected chi connectivity index (χ4v) is 2.98. The standard InChI is InChI=1S/C16H19N5O2/c1-10(2)20-11(3)8-13(18-20)9-19-14-6-5-7-15(21(22)23)16(14)12(4)17-19/h5-8,10H,9H2,1-4H3. The molecule has 0 spiro atoms. The van der Waals surface area contributed by atoms with E-state index in [2.05, 4.69) is 24.0 Å². The van der Waals surface area contributed by atoms with Crippen LogP contribution in [0.5, 0.6) is 0 Å². The van der Waals surface area contributed by atoms with Gasteiger partial charge in [0.1, 0.15) is 5.39 Å². The Morgan fingerprint density at radius 1 is 1.26 bits per heavy atom. The fraction of sp³-hybridized carbons (Fsp3) is 0.375. The van der Waals surface area contributed by atoms with E-state index in [0.717, 1.165) is 16.9 Å². The Morgan fingerprint density at radius 3 is 2.61 bits per heavy atom. The molecule has 0 aliphatic heterocycles. The van der Waals surface area contributed by atoms with Crippen molar-refractivity contribution < 1.29 is 4.92 Å². The number of aromatic nitrogens is 4. The third kappa shape index (κ3) is 2.58. The Labute approximate surface area is 133 Å². The van der Waals surface area contributed by atoms with Crippen LogP contribution >= 0.6 is 0 Å². The number of non-ortho nitro benzene ring substituents is 1. The van der Waals surface area contributed by atoms with Gasteiger partial charge in [-0.1, -0.05) is 6.07 Å². The molecule has 0 radical (unpaired) electrons. The van der Waals surface area contributed by atoms with Gasteiger partial charge in [0.05, 0.1) is 28.4 Å². The summed E-state index contributed by atoms with van der Waals surface area (Å²) in [7, 11) is 0. The summed E-state index contributed by atoms with van der Waals surface area (Å²) in [4.78, 5) is 10.8. The first-order chi connectivity index (χ1) is 10.9. The zero-order valence-corrected chi connectivity index (χ0v) is 13.6. The van der Waals surface area contributed by atoms with Gasteiger partial charge in [0, 0.05) is 17.8 Å². The second-order valence-corrected chi connectivity index (χ2v) is 5.99. The van der Waals surface area contributed by atoms with Crippen molar-refractivity contribution >= 4 is 16.6 Å². The predicted molar refractivity (Wildman–Crippen MR) is 87.6 cm³/mol. The van der Waals surface area contributed by atoms with Crippen LogP contribution in [0.3, 0.4) is 0 Å². The highest BCUT2D eigenvalue weighted by atomic mass is 16.6. The molecule has 0 bridgehead atoms. The van der Waals surface area contributed by atoms with E-state index in [9.17, 15) is 10.1 Å². The first-order valence-corrected chi connectivity index (χ1v) is 7.54. The molecule has 2 aromatic heterocycles. The Kier molecular flexibility index (Phi) is 3.63. The van der Waals surface area contributed by atoms with E-state index in [1.54, 1.807) is 17.7 Å². The monoisotopic (exact) mass is 313 g/mol. The van der Waals surface area contributed by atoms with Gasteiger partial charge in [0.25, 0.3) is 5.69 Å². The lowest BCUT2D eigenvalue weighted by Gasteiger charge is -2.07. The molecule has 0 aliphatic carbocycles. The summed E-state index contributed by atoms with van der Waals surface area (Å²) in [6.07, 6.45) is 0. The molecule has 0 unspecified atom stereocenters. The topological polar surface area (TPSA) is 78.8 Å². The Balaban J connectivity index is 2.06. The molecule has 23 heavy (non-hydrogen) atoms. The Hall–Kier alpha value is -2.70. The zero-order valence-electron chi connectivity index (χ0n) is 13.6. The van der Waals surface area contributed by atoms with Gasteiger partial charge in [0.15, 0.2) is 0 Å². The van der Waals surface area contributed by atoms with Crippen LogP contribution in [-0.2, 0) is 6.54 Å². The average molecular weight is 313 g/mol. The molecule has 0 fully saturated rings. The van der Waals surface area contributed by atoms with Gasteiger partial charge < -0.3 is 0 Å². The van der Waals surface area contributed by atoms with E-state index in [-0.39, 0.29) is 10.6 Å². The van der Waals surface area contributed by atoms with Crippen LogP contribution in [0.1, 0.15) is 37.0 Å². The molecule has 2 heterocycles. The van der Waals surface area contributed by atoms with E-state index in [1.165, 1.54) is 6.07 Å². The first kappa shape index (κ1) is 15.2. The summed E-state index contributed by atoms with van der Waals surface area (Å²) in [5.41, 5.74) is 3.50. The summed E-state index contributed by atoms with van der Waals surface area (Å²) in [5.74, 6) is 0. The number of fused-ring (bicyclic) bond motifs is 1. The SMILES string of the molecule is Cc1nn(Cc2cc(C)n(C(C)C)n2)c2cccc([N+](=O)[O-])c12. The third-order valence-corrected chi connectivity index (χ3v) is 3.90. The molecule has 3 aromatic rings. The summed E-state index contributed by atoms with van der Waals surface area (Å²) in [6, 6.07) is 7.38. The lowest BCUT2D eigenvalue weighted by Crippen LogP contribution is -2.07. The fourth-order valence-electron chi connectivity index (χ4n) is 2.98. The number of nitro benzene ring substituents is 1. The maximum absolute atomic E-state index is 11.2. The van der Waals surface area contributed by atoms with Gasteiger partial charge in [0.2, 0.25) is 0 Å². The minimum Gasteiger partial charge on any atom is -0.267 e. The smallest absolute Gasteiger partial charge is 0.267 e. The maximum Gasteiger partial charge on any atom is 0.280 e. The highest BCUT2D eigenvalue weighted by Crippen LogP contribution is 2.28. The Bertz CT molecular complexity index is 891. The van der Waals surface area contributed by atoms with Gasteiger partial charge in [-0.15, -0.1) is 0 Å². The predicted octanol–water partition coefficient (Wildman–Crippen LogP) is 3.39. The largest absolute Gasteiger partial charge is 0.280 e. The molecule has 0 N–H and O–H groups in total. The van der Waals surface area contributed by atoms with Gasteiger partial charge in [-0.2, -0.15) is 10.2 Å². The van der Waals surface area contributed by atoms with Crippen LogP contribution in [-0.4, -0.2) is 24.5 Å². The summed E-state index contributed by atoms with van der Waals surface area (Å²) < 4.78 is 3.75. The van der Waals surface area contributed by atoms with Gasteiger partial charge in [-0.3, -0.25) is 19.5 Å². The quantitative estimate of drug-likeness (QED) is 0.546. The number of hydrogen-bond donors (Lipinski definition) is 0. The van der Waals surface area contributed by atoms with E-state index in [0.29, 0.717) is 23.7 Å². The second-order valence-electron chi connectivity index (χ2n) is 5.99. The lowest BCUT2D eigenvalue weighted by atomic mass is 10.2. The van der Waals surface area contributed by atoms with Crippen LogP contribution in [0, 0.1) is 24.0 Å². The van der Waals surface area contributed by atoms with Crippen molar-refractivity contribution in [1.29, 1.82) is 0 Å². The maximum atomic E-state index is 11.2.